The minimum atomic E-state index is 0.462. The fraction of sp³-hybridized carbons (Fsp3) is 0.750. The Morgan fingerprint density at radius 1 is 1.00 bits per heavy atom. The maximum absolute atomic E-state index is 11.7. The van der Waals surface area contributed by atoms with Crippen LogP contribution in [0.1, 0.15) is 32.1 Å². The molecule has 0 aromatic carbocycles. The molecule has 13 heavy (non-hydrogen) atoms. The summed E-state index contributed by atoms with van der Waals surface area (Å²) in [6.07, 6.45) is 10.4. The van der Waals surface area contributed by atoms with Crippen LogP contribution in [0.4, 0.5) is 0 Å². The van der Waals surface area contributed by atoms with Crippen molar-refractivity contribution in [3.05, 3.63) is 12.2 Å². The second-order valence-electron chi connectivity index (χ2n) is 4.97. The zero-order valence-corrected chi connectivity index (χ0v) is 7.91. The van der Waals surface area contributed by atoms with Crippen molar-refractivity contribution in [1.82, 2.24) is 0 Å². The summed E-state index contributed by atoms with van der Waals surface area (Å²) < 4.78 is 0. The van der Waals surface area contributed by atoms with Crippen molar-refractivity contribution in [2.75, 3.05) is 0 Å². The van der Waals surface area contributed by atoms with Gasteiger partial charge in [0.25, 0.3) is 0 Å². The van der Waals surface area contributed by atoms with Crippen molar-refractivity contribution in [1.29, 1.82) is 0 Å². The predicted molar refractivity (Wildman–Crippen MR) is 51.2 cm³/mol. The van der Waals surface area contributed by atoms with Crippen molar-refractivity contribution in [3.8, 4) is 0 Å². The first-order valence-corrected chi connectivity index (χ1v) is 5.52. The second-order valence-corrected chi connectivity index (χ2v) is 4.97. The Balaban J connectivity index is 1.72. The van der Waals surface area contributed by atoms with Gasteiger partial charge in [-0.3, -0.25) is 4.79 Å². The van der Waals surface area contributed by atoms with Crippen LogP contribution < -0.4 is 0 Å². The molecule has 3 aliphatic carbocycles. The van der Waals surface area contributed by atoms with E-state index in [1.165, 1.54) is 19.3 Å². The summed E-state index contributed by atoms with van der Waals surface area (Å²) in [6, 6.07) is 0. The van der Waals surface area contributed by atoms with Gasteiger partial charge in [0.15, 0.2) is 0 Å². The minimum absolute atomic E-state index is 0.462. The van der Waals surface area contributed by atoms with Crippen LogP contribution in [0, 0.1) is 23.7 Å². The number of allylic oxidation sites excluding steroid dienone is 2. The third-order valence-electron chi connectivity index (χ3n) is 3.91. The van der Waals surface area contributed by atoms with Crippen molar-refractivity contribution >= 4 is 5.78 Å². The topological polar surface area (TPSA) is 17.1 Å². The third-order valence-corrected chi connectivity index (χ3v) is 3.91. The third kappa shape index (κ3) is 1.45. The van der Waals surface area contributed by atoms with E-state index in [0.717, 1.165) is 30.6 Å². The minimum Gasteiger partial charge on any atom is -0.299 e. The molecule has 0 radical (unpaired) electrons. The lowest BCUT2D eigenvalue weighted by Crippen LogP contribution is -2.04. The molecule has 0 heterocycles. The zero-order valence-electron chi connectivity index (χ0n) is 7.91. The molecule has 0 aromatic rings. The van der Waals surface area contributed by atoms with Crippen LogP contribution in [-0.4, -0.2) is 5.78 Å². The van der Waals surface area contributed by atoms with Crippen molar-refractivity contribution < 1.29 is 4.79 Å². The van der Waals surface area contributed by atoms with E-state index in [0.29, 0.717) is 11.7 Å². The van der Waals surface area contributed by atoms with Crippen molar-refractivity contribution in [3.63, 3.8) is 0 Å². The van der Waals surface area contributed by atoms with Crippen LogP contribution in [0.3, 0.4) is 0 Å². The molecule has 0 spiro atoms. The van der Waals surface area contributed by atoms with Gasteiger partial charge in [-0.05, 0) is 43.4 Å². The van der Waals surface area contributed by atoms with Gasteiger partial charge in [-0.1, -0.05) is 12.2 Å². The largest absolute Gasteiger partial charge is 0.299 e. The number of Topliss-reactive ketones (excluding diaryl/α,β-unsaturated/α-hetero) is 1. The van der Waals surface area contributed by atoms with Gasteiger partial charge < -0.3 is 0 Å². The average molecular weight is 176 g/mol. The SMILES string of the molecule is O=C1C[C@H]2C[C@H]2C/C=C/CC2CC12. The highest BCUT2D eigenvalue weighted by Gasteiger charge is 2.46. The van der Waals surface area contributed by atoms with Gasteiger partial charge in [-0.2, -0.15) is 0 Å². The Morgan fingerprint density at radius 2 is 1.77 bits per heavy atom. The van der Waals surface area contributed by atoms with E-state index in [1.807, 2.05) is 0 Å². The summed E-state index contributed by atoms with van der Waals surface area (Å²) >= 11 is 0. The van der Waals surface area contributed by atoms with Gasteiger partial charge >= 0.3 is 0 Å². The molecule has 0 saturated heterocycles. The van der Waals surface area contributed by atoms with E-state index in [2.05, 4.69) is 12.2 Å². The van der Waals surface area contributed by atoms with E-state index in [1.54, 1.807) is 0 Å². The lowest BCUT2D eigenvalue weighted by molar-refractivity contribution is -0.120. The molecule has 3 aliphatic rings. The summed E-state index contributed by atoms with van der Waals surface area (Å²) in [6.45, 7) is 0. The molecular weight excluding hydrogens is 160 g/mol. The Bertz CT molecular complexity index is 266. The van der Waals surface area contributed by atoms with Gasteiger partial charge in [0.1, 0.15) is 5.78 Å². The maximum atomic E-state index is 11.7. The van der Waals surface area contributed by atoms with E-state index in [4.69, 9.17) is 0 Å². The number of carbonyl (C=O) groups excluding carboxylic acids is 1. The van der Waals surface area contributed by atoms with Gasteiger partial charge in [-0.25, -0.2) is 0 Å². The van der Waals surface area contributed by atoms with Crippen LogP contribution in [0.2, 0.25) is 0 Å². The number of hydrogen-bond acceptors (Lipinski definition) is 1. The molecule has 3 rings (SSSR count). The predicted octanol–water partition coefficient (Wildman–Crippen LogP) is 2.57. The molecule has 0 aromatic heterocycles. The number of fused-ring (bicyclic) bond motifs is 2. The monoisotopic (exact) mass is 176 g/mol. The van der Waals surface area contributed by atoms with E-state index < -0.39 is 0 Å². The molecule has 70 valence electrons. The van der Waals surface area contributed by atoms with Crippen LogP contribution in [0.25, 0.3) is 0 Å². The normalized spacial score (nSPS) is 50.3. The van der Waals surface area contributed by atoms with Crippen LogP contribution in [-0.2, 0) is 4.79 Å². The fourth-order valence-corrected chi connectivity index (χ4v) is 2.70. The number of rotatable bonds is 0. The van der Waals surface area contributed by atoms with Crippen LogP contribution in [0.5, 0.6) is 0 Å². The fourth-order valence-electron chi connectivity index (χ4n) is 2.70. The van der Waals surface area contributed by atoms with Gasteiger partial charge in [0.05, 0.1) is 0 Å². The first-order valence-electron chi connectivity index (χ1n) is 5.52. The zero-order chi connectivity index (χ0) is 8.84. The van der Waals surface area contributed by atoms with E-state index in [9.17, 15) is 4.79 Å². The summed E-state index contributed by atoms with van der Waals surface area (Å²) in [5.74, 6) is 3.38. The molecule has 4 atom stereocenters. The molecule has 0 N–H and O–H groups in total. The first kappa shape index (κ1) is 7.78. The van der Waals surface area contributed by atoms with Crippen molar-refractivity contribution in [2.45, 2.75) is 32.1 Å². The molecule has 0 amide bonds. The highest BCUT2D eigenvalue weighted by atomic mass is 16.1. The van der Waals surface area contributed by atoms with Gasteiger partial charge in [-0.15, -0.1) is 0 Å². The standard InChI is InChI=1S/C12H16O/c13-12-7-10-5-8(10)3-1-2-4-9-6-11(9)12/h1-2,8-11H,3-7H2/b2-1+/t8-,9?,10-,11?/m1/s1. The number of ketones is 1. The molecule has 1 heteroatoms. The van der Waals surface area contributed by atoms with Crippen LogP contribution in [0.15, 0.2) is 12.2 Å². The molecule has 1 nitrogen and oxygen atoms in total. The Hall–Kier alpha value is -0.590. The highest BCUT2D eigenvalue weighted by molar-refractivity contribution is 5.84. The smallest absolute Gasteiger partial charge is 0.136 e. The molecule has 2 fully saturated rings. The first-order chi connectivity index (χ1) is 6.34. The summed E-state index contributed by atoms with van der Waals surface area (Å²) in [5.41, 5.74) is 0. The Morgan fingerprint density at radius 3 is 2.62 bits per heavy atom. The number of carbonyl (C=O) groups is 1. The highest BCUT2D eigenvalue weighted by Crippen LogP contribution is 2.50. The Labute approximate surface area is 79.2 Å². The molecule has 2 unspecified atom stereocenters. The summed E-state index contributed by atoms with van der Waals surface area (Å²) in [7, 11) is 0. The average Bonchev–Trinajstić information content (AvgIpc) is 2.93. The lowest BCUT2D eigenvalue weighted by Gasteiger charge is -2.00. The van der Waals surface area contributed by atoms with Gasteiger partial charge in [0.2, 0.25) is 0 Å². The van der Waals surface area contributed by atoms with E-state index >= 15 is 0 Å². The van der Waals surface area contributed by atoms with Crippen molar-refractivity contribution in [2.24, 2.45) is 23.7 Å². The quantitative estimate of drug-likeness (QED) is 0.518. The summed E-state index contributed by atoms with van der Waals surface area (Å²) in [5, 5.41) is 0. The van der Waals surface area contributed by atoms with Gasteiger partial charge in [0, 0.05) is 12.3 Å². The lowest BCUT2D eigenvalue weighted by atomic mass is 10.0. The molecule has 2 saturated carbocycles. The number of hydrogen-bond donors (Lipinski definition) is 0. The molecule has 0 bridgehead atoms. The second kappa shape index (κ2) is 2.70. The maximum Gasteiger partial charge on any atom is 0.136 e. The molecular formula is C12H16O. The van der Waals surface area contributed by atoms with Crippen LogP contribution >= 0.6 is 0 Å². The Kier molecular flexibility index (Phi) is 1.61. The summed E-state index contributed by atoms with van der Waals surface area (Å²) in [4.78, 5) is 11.7. The molecule has 0 aliphatic heterocycles. The van der Waals surface area contributed by atoms with E-state index in [-0.39, 0.29) is 0 Å².